The molecular formula is C16H21N3O2. The van der Waals surface area contributed by atoms with Crippen LogP contribution in [0.5, 0.6) is 0 Å². The number of amides is 2. The monoisotopic (exact) mass is 287 g/mol. The average molecular weight is 287 g/mol. The van der Waals surface area contributed by atoms with E-state index >= 15 is 0 Å². The fourth-order valence-corrected chi connectivity index (χ4v) is 1.96. The number of aryl methyl sites for hydroxylation is 1. The van der Waals surface area contributed by atoms with Crippen molar-refractivity contribution in [3.05, 3.63) is 34.9 Å². The topological polar surface area (TPSA) is 98.2 Å². The second-order valence-corrected chi connectivity index (χ2v) is 5.54. The zero-order valence-corrected chi connectivity index (χ0v) is 12.6. The predicted octanol–water partition coefficient (Wildman–Crippen LogP) is 0.689. The van der Waals surface area contributed by atoms with Crippen LogP contribution in [-0.4, -0.2) is 23.9 Å². The molecule has 1 rings (SSSR count). The molecule has 0 aliphatic heterocycles. The molecule has 0 aliphatic carbocycles. The zero-order chi connectivity index (χ0) is 16.0. The first-order chi connectivity index (χ1) is 9.75. The summed E-state index contributed by atoms with van der Waals surface area (Å²) in [7, 11) is 0. The van der Waals surface area contributed by atoms with Gasteiger partial charge in [0, 0.05) is 17.5 Å². The fourth-order valence-electron chi connectivity index (χ4n) is 1.96. The fraction of sp³-hybridized carbons (Fsp3) is 0.375. The van der Waals surface area contributed by atoms with Gasteiger partial charge in [-0.25, -0.2) is 0 Å². The number of nitrogens with one attached hydrogen (secondary N) is 1. The van der Waals surface area contributed by atoms with Crippen LogP contribution in [0.4, 0.5) is 0 Å². The standard InChI is InChI=1S/C16H21N3O2/c1-11-6-7-13(12(9-11)5-4-8-17)15(21)19-16(2,3)10-14(18)20/h6-7,9H,8,10,17H2,1-3H3,(H2,18,20)(H,19,21). The molecule has 1 aromatic carbocycles. The van der Waals surface area contributed by atoms with Crippen molar-refractivity contribution in [1.29, 1.82) is 0 Å². The van der Waals surface area contributed by atoms with Crippen molar-refractivity contribution in [1.82, 2.24) is 5.32 Å². The Hall–Kier alpha value is -2.32. The largest absolute Gasteiger partial charge is 0.370 e. The Balaban J connectivity index is 3.04. The number of benzene rings is 1. The Morgan fingerprint density at radius 3 is 2.57 bits per heavy atom. The first-order valence-corrected chi connectivity index (χ1v) is 6.65. The summed E-state index contributed by atoms with van der Waals surface area (Å²) in [5.74, 6) is 4.88. The molecule has 0 bridgehead atoms. The summed E-state index contributed by atoms with van der Waals surface area (Å²) >= 11 is 0. The number of nitrogens with two attached hydrogens (primary N) is 2. The van der Waals surface area contributed by atoms with Crippen LogP contribution < -0.4 is 16.8 Å². The molecule has 0 saturated heterocycles. The number of hydrogen-bond donors (Lipinski definition) is 3. The third-order valence-corrected chi connectivity index (χ3v) is 2.81. The van der Waals surface area contributed by atoms with E-state index < -0.39 is 11.4 Å². The van der Waals surface area contributed by atoms with Crippen LogP contribution in [-0.2, 0) is 4.79 Å². The van der Waals surface area contributed by atoms with Crippen LogP contribution in [0, 0.1) is 18.8 Å². The minimum atomic E-state index is -0.716. The number of carbonyl (C=O) groups is 2. The Morgan fingerprint density at radius 2 is 2.00 bits per heavy atom. The van der Waals surface area contributed by atoms with E-state index in [1.807, 2.05) is 19.1 Å². The summed E-state index contributed by atoms with van der Waals surface area (Å²) in [5, 5.41) is 2.80. The summed E-state index contributed by atoms with van der Waals surface area (Å²) in [4.78, 5) is 23.4. The molecule has 0 atom stereocenters. The van der Waals surface area contributed by atoms with E-state index in [1.165, 1.54) is 0 Å². The number of hydrogen-bond acceptors (Lipinski definition) is 3. The summed E-state index contributed by atoms with van der Waals surface area (Å²) in [6.07, 6.45) is 0.0639. The molecule has 112 valence electrons. The van der Waals surface area contributed by atoms with Gasteiger partial charge in [-0.2, -0.15) is 0 Å². The molecule has 0 saturated carbocycles. The molecule has 5 nitrogen and oxygen atoms in total. The van der Waals surface area contributed by atoms with E-state index in [2.05, 4.69) is 17.2 Å². The minimum Gasteiger partial charge on any atom is -0.370 e. The Kier molecular flexibility index (Phi) is 5.51. The second-order valence-electron chi connectivity index (χ2n) is 5.54. The first-order valence-electron chi connectivity index (χ1n) is 6.65. The van der Waals surface area contributed by atoms with Crippen molar-refractivity contribution in [2.45, 2.75) is 32.7 Å². The molecule has 0 aliphatic rings. The maximum atomic E-state index is 12.4. The average Bonchev–Trinajstić information content (AvgIpc) is 2.33. The van der Waals surface area contributed by atoms with Crippen molar-refractivity contribution in [2.24, 2.45) is 11.5 Å². The predicted molar refractivity (Wildman–Crippen MR) is 82.5 cm³/mol. The quantitative estimate of drug-likeness (QED) is 0.710. The molecular weight excluding hydrogens is 266 g/mol. The van der Waals surface area contributed by atoms with E-state index in [4.69, 9.17) is 11.5 Å². The molecule has 0 spiro atoms. The number of carbonyl (C=O) groups excluding carboxylic acids is 2. The van der Waals surface area contributed by atoms with Gasteiger partial charge in [0.1, 0.15) is 0 Å². The van der Waals surface area contributed by atoms with Gasteiger partial charge >= 0.3 is 0 Å². The van der Waals surface area contributed by atoms with Crippen molar-refractivity contribution < 1.29 is 9.59 Å². The van der Waals surface area contributed by atoms with Gasteiger partial charge in [0.25, 0.3) is 5.91 Å². The van der Waals surface area contributed by atoms with Gasteiger partial charge in [-0.05, 0) is 38.5 Å². The number of rotatable bonds is 4. The minimum absolute atomic E-state index is 0.0639. The highest BCUT2D eigenvalue weighted by Crippen LogP contribution is 2.14. The Morgan fingerprint density at radius 1 is 1.33 bits per heavy atom. The smallest absolute Gasteiger partial charge is 0.252 e. The molecule has 2 amide bonds. The Bertz CT molecular complexity index is 610. The van der Waals surface area contributed by atoms with E-state index in [9.17, 15) is 9.59 Å². The molecule has 5 heteroatoms. The third kappa shape index (κ3) is 5.28. The van der Waals surface area contributed by atoms with Crippen molar-refractivity contribution >= 4 is 11.8 Å². The highest BCUT2D eigenvalue weighted by atomic mass is 16.2. The maximum Gasteiger partial charge on any atom is 0.252 e. The van der Waals surface area contributed by atoms with Gasteiger partial charge < -0.3 is 16.8 Å². The molecule has 21 heavy (non-hydrogen) atoms. The molecule has 0 heterocycles. The van der Waals surface area contributed by atoms with Crippen molar-refractivity contribution in [3.8, 4) is 11.8 Å². The van der Waals surface area contributed by atoms with Crippen LogP contribution in [0.3, 0.4) is 0 Å². The van der Waals surface area contributed by atoms with E-state index in [0.717, 1.165) is 5.56 Å². The Labute approximate surface area is 125 Å². The maximum absolute atomic E-state index is 12.4. The molecule has 0 radical (unpaired) electrons. The lowest BCUT2D eigenvalue weighted by molar-refractivity contribution is -0.119. The van der Waals surface area contributed by atoms with Gasteiger partial charge in [0.05, 0.1) is 12.1 Å². The zero-order valence-electron chi connectivity index (χ0n) is 12.6. The first kappa shape index (κ1) is 16.7. The van der Waals surface area contributed by atoms with Crippen molar-refractivity contribution in [2.75, 3.05) is 6.54 Å². The van der Waals surface area contributed by atoms with Gasteiger partial charge in [-0.3, -0.25) is 9.59 Å². The number of primary amides is 1. The highest BCUT2D eigenvalue weighted by Gasteiger charge is 2.24. The normalized spacial score (nSPS) is 10.5. The van der Waals surface area contributed by atoms with Crippen molar-refractivity contribution in [3.63, 3.8) is 0 Å². The van der Waals surface area contributed by atoms with Gasteiger partial charge in [0.15, 0.2) is 0 Å². The van der Waals surface area contributed by atoms with E-state index in [-0.39, 0.29) is 18.9 Å². The molecule has 0 unspecified atom stereocenters. The highest BCUT2D eigenvalue weighted by molar-refractivity contribution is 5.97. The second kappa shape index (κ2) is 6.91. The van der Waals surface area contributed by atoms with Gasteiger partial charge in [-0.15, -0.1) is 0 Å². The lowest BCUT2D eigenvalue weighted by Crippen LogP contribution is -2.46. The van der Waals surface area contributed by atoms with Gasteiger partial charge in [-0.1, -0.05) is 17.9 Å². The van der Waals surface area contributed by atoms with Gasteiger partial charge in [0.2, 0.25) is 5.91 Å². The molecule has 0 aromatic heterocycles. The van der Waals surface area contributed by atoms with E-state index in [1.54, 1.807) is 19.9 Å². The van der Waals surface area contributed by atoms with Crippen LogP contribution in [0.1, 0.15) is 41.8 Å². The van der Waals surface area contributed by atoms with Crippen LogP contribution in [0.2, 0.25) is 0 Å². The SMILES string of the molecule is Cc1ccc(C(=O)NC(C)(C)CC(N)=O)c(C#CCN)c1. The van der Waals surface area contributed by atoms with Crippen LogP contribution in [0.25, 0.3) is 0 Å². The third-order valence-electron chi connectivity index (χ3n) is 2.81. The lowest BCUT2D eigenvalue weighted by atomic mass is 9.98. The summed E-state index contributed by atoms with van der Waals surface area (Å²) in [5.41, 5.74) is 11.9. The summed E-state index contributed by atoms with van der Waals surface area (Å²) in [6.45, 7) is 5.64. The summed E-state index contributed by atoms with van der Waals surface area (Å²) < 4.78 is 0. The van der Waals surface area contributed by atoms with E-state index in [0.29, 0.717) is 11.1 Å². The van der Waals surface area contributed by atoms with Crippen LogP contribution >= 0.6 is 0 Å². The molecule has 5 N–H and O–H groups in total. The molecule has 0 fully saturated rings. The van der Waals surface area contributed by atoms with Crippen LogP contribution in [0.15, 0.2) is 18.2 Å². The molecule has 1 aromatic rings. The lowest BCUT2D eigenvalue weighted by Gasteiger charge is -2.25. The summed E-state index contributed by atoms with van der Waals surface area (Å²) in [6, 6.07) is 5.38.